The second-order valence-corrected chi connectivity index (χ2v) is 10.1. The molecule has 42 heavy (non-hydrogen) atoms. The average Bonchev–Trinajstić information content (AvgIpc) is 2.97. The number of halogens is 2. The Balaban J connectivity index is 1.43. The van der Waals surface area contributed by atoms with Crippen molar-refractivity contribution >= 4 is 18.0 Å². The van der Waals surface area contributed by atoms with Crippen molar-refractivity contribution in [3.8, 4) is 16.9 Å². The first kappa shape index (κ1) is 30.2. The van der Waals surface area contributed by atoms with Crippen LogP contribution in [0.3, 0.4) is 0 Å². The number of benzene rings is 4. The maximum Gasteiger partial charge on any atom is 0.335 e. The van der Waals surface area contributed by atoms with Crippen molar-refractivity contribution in [3.05, 3.63) is 131 Å². The third-order valence-corrected chi connectivity index (χ3v) is 6.93. The number of aromatic carboxylic acids is 1. The third-order valence-electron chi connectivity index (χ3n) is 6.93. The van der Waals surface area contributed by atoms with E-state index in [0.717, 1.165) is 35.6 Å². The molecule has 5 nitrogen and oxygen atoms in total. The first-order valence-corrected chi connectivity index (χ1v) is 13.8. The number of carbonyl (C=O) groups is 2. The maximum absolute atomic E-state index is 13.6. The first-order valence-electron chi connectivity index (χ1n) is 13.8. The van der Waals surface area contributed by atoms with Crippen molar-refractivity contribution in [1.29, 1.82) is 0 Å². The number of hydrogen-bond donors (Lipinski definition) is 2. The van der Waals surface area contributed by atoms with E-state index in [-0.39, 0.29) is 17.9 Å². The van der Waals surface area contributed by atoms with Crippen molar-refractivity contribution in [2.24, 2.45) is 5.92 Å². The van der Waals surface area contributed by atoms with Gasteiger partial charge >= 0.3 is 11.9 Å². The molecule has 0 heterocycles. The van der Waals surface area contributed by atoms with Crippen LogP contribution in [0.1, 0.15) is 52.7 Å². The van der Waals surface area contributed by atoms with Crippen molar-refractivity contribution in [3.63, 3.8) is 0 Å². The molecule has 0 saturated heterocycles. The van der Waals surface area contributed by atoms with E-state index < -0.39 is 23.6 Å². The molecule has 0 aliphatic heterocycles. The van der Waals surface area contributed by atoms with Gasteiger partial charge in [0.1, 0.15) is 24.0 Å². The molecule has 4 aromatic carbocycles. The molecule has 4 rings (SSSR count). The Kier molecular flexibility index (Phi) is 10.6. The Morgan fingerprint density at radius 2 is 1.45 bits per heavy atom. The highest BCUT2D eigenvalue weighted by molar-refractivity contribution is 5.87. The molecule has 0 amide bonds. The van der Waals surface area contributed by atoms with Gasteiger partial charge in [-0.25, -0.2) is 13.6 Å². The lowest BCUT2D eigenvalue weighted by atomic mass is 9.92. The van der Waals surface area contributed by atoms with Crippen molar-refractivity contribution in [2.75, 3.05) is 0 Å². The second kappa shape index (κ2) is 14.7. The van der Waals surface area contributed by atoms with Crippen LogP contribution in [0.15, 0.2) is 97.1 Å². The molecule has 4 aromatic rings. The van der Waals surface area contributed by atoms with E-state index in [1.54, 1.807) is 24.3 Å². The maximum atomic E-state index is 13.6. The summed E-state index contributed by atoms with van der Waals surface area (Å²) in [7, 11) is 0. The van der Waals surface area contributed by atoms with Gasteiger partial charge in [-0.15, -0.1) is 0 Å². The third kappa shape index (κ3) is 9.13. The highest BCUT2D eigenvalue weighted by Gasteiger charge is 2.10. The monoisotopic (exact) mass is 570 g/mol. The van der Waals surface area contributed by atoms with Crippen LogP contribution < -0.4 is 4.74 Å². The van der Waals surface area contributed by atoms with Gasteiger partial charge in [0, 0.05) is 18.1 Å². The number of carboxylic acid groups (broad SMARTS) is 2. The van der Waals surface area contributed by atoms with Crippen LogP contribution in [0.25, 0.3) is 17.2 Å². The normalized spacial score (nSPS) is 11.9. The number of rotatable bonds is 14. The van der Waals surface area contributed by atoms with Crippen LogP contribution in [0.2, 0.25) is 0 Å². The molecule has 0 fully saturated rings. The number of carboxylic acids is 2. The number of aliphatic carboxylic acids is 1. The highest BCUT2D eigenvalue weighted by Crippen LogP contribution is 2.26. The standard InChI is InChI=1S/C35H32F2O5/c36-31-20-30(21-32(37)22-31)27-14-12-26(13-15-27)23-42-33-7-3-2-6-28(33)16-9-24(5-1-4-8-34(38)39)19-25-10-17-29(18-11-25)35(40)41/h2-3,6-7,9-18,20-22,24H,1,4-5,8,19,23H2,(H,38,39)(H,40,41)/b16-9+. The number of allylic oxidation sites excluding steroid dienone is 1. The molecule has 2 N–H and O–H groups in total. The summed E-state index contributed by atoms with van der Waals surface area (Å²) in [5.74, 6) is -2.22. The number of hydrogen-bond acceptors (Lipinski definition) is 3. The quantitative estimate of drug-likeness (QED) is 0.149. The molecule has 0 spiro atoms. The van der Waals surface area contributed by atoms with Gasteiger partial charge in [0.2, 0.25) is 0 Å². The van der Waals surface area contributed by atoms with Gasteiger partial charge in [-0.2, -0.15) is 0 Å². The van der Waals surface area contributed by atoms with Gasteiger partial charge in [-0.1, -0.05) is 73.2 Å². The topological polar surface area (TPSA) is 83.8 Å². The summed E-state index contributed by atoms with van der Waals surface area (Å²) >= 11 is 0. The Morgan fingerprint density at radius 1 is 0.786 bits per heavy atom. The summed E-state index contributed by atoms with van der Waals surface area (Å²) in [5.41, 5.74) is 4.19. The number of ether oxygens (including phenoxy) is 1. The van der Waals surface area contributed by atoms with E-state index in [2.05, 4.69) is 6.08 Å². The molecule has 0 aromatic heterocycles. The molecular weight excluding hydrogens is 538 g/mol. The minimum Gasteiger partial charge on any atom is -0.488 e. The minimum atomic E-state index is -0.971. The van der Waals surface area contributed by atoms with E-state index in [1.165, 1.54) is 12.1 Å². The molecule has 7 heteroatoms. The lowest BCUT2D eigenvalue weighted by molar-refractivity contribution is -0.137. The Morgan fingerprint density at radius 3 is 2.12 bits per heavy atom. The van der Waals surface area contributed by atoms with E-state index in [0.29, 0.717) is 36.3 Å². The van der Waals surface area contributed by atoms with Crippen LogP contribution in [-0.2, 0) is 17.8 Å². The summed E-state index contributed by atoms with van der Waals surface area (Å²) in [6.07, 6.45) is 7.05. The molecule has 1 unspecified atom stereocenters. The molecule has 0 saturated carbocycles. The predicted octanol–water partition coefficient (Wildman–Crippen LogP) is 8.43. The molecule has 0 aliphatic carbocycles. The smallest absolute Gasteiger partial charge is 0.335 e. The SMILES string of the molecule is O=C(O)CCCCC(/C=C/c1ccccc1OCc1ccc(-c2cc(F)cc(F)c2)cc1)Cc1ccc(C(=O)O)cc1. The Bertz CT molecular complexity index is 1510. The molecular formula is C35H32F2O5. The van der Waals surface area contributed by atoms with Crippen LogP contribution in [-0.4, -0.2) is 22.2 Å². The number of unbranched alkanes of at least 4 members (excludes halogenated alkanes) is 1. The lowest BCUT2D eigenvalue weighted by Crippen LogP contribution is -2.04. The van der Waals surface area contributed by atoms with Crippen LogP contribution >= 0.6 is 0 Å². The largest absolute Gasteiger partial charge is 0.488 e. The van der Waals surface area contributed by atoms with Crippen molar-refractivity contribution < 1.29 is 33.3 Å². The zero-order chi connectivity index (χ0) is 29.9. The van der Waals surface area contributed by atoms with Crippen molar-refractivity contribution in [2.45, 2.75) is 38.7 Å². The lowest BCUT2D eigenvalue weighted by Gasteiger charge is -2.14. The van der Waals surface area contributed by atoms with Gasteiger partial charge in [0.15, 0.2) is 0 Å². The summed E-state index contributed by atoms with van der Waals surface area (Å²) in [4.78, 5) is 22.1. The van der Waals surface area contributed by atoms with Gasteiger partial charge < -0.3 is 14.9 Å². The molecule has 1 atom stereocenters. The molecule has 216 valence electrons. The van der Waals surface area contributed by atoms with E-state index >= 15 is 0 Å². The summed E-state index contributed by atoms with van der Waals surface area (Å²) in [6.45, 7) is 0.303. The van der Waals surface area contributed by atoms with Crippen LogP contribution in [0.5, 0.6) is 5.75 Å². The van der Waals surface area contributed by atoms with E-state index in [9.17, 15) is 23.5 Å². The van der Waals surface area contributed by atoms with Gasteiger partial charge in [0.25, 0.3) is 0 Å². The molecule has 0 aliphatic rings. The Labute approximate surface area is 243 Å². The van der Waals surface area contributed by atoms with E-state index in [1.807, 2.05) is 54.6 Å². The fourth-order valence-electron chi connectivity index (χ4n) is 4.70. The molecule has 0 radical (unpaired) electrons. The zero-order valence-electron chi connectivity index (χ0n) is 23.0. The van der Waals surface area contributed by atoms with Gasteiger partial charge in [-0.05, 0) is 77.8 Å². The fraction of sp³-hybridized carbons (Fsp3) is 0.200. The minimum absolute atomic E-state index is 0.114. The summed E-state index contributed by atoms with van der Waals surface area (Å²) < 4.78 is 33.3. The average molecular weight is 571 g/mol. The van der Waals surface area contributed by atoms with Gasteiger partial charge in [-0.3, -0.25) is 4.79 Å². The van der Waals surface area contributed by atoms with Gasteiger partial charge in [0.05, 0.1) is 5.56 Å². The predicted molar refractivity (Wildman–Crippen MR) is 158 cm³/mol. The summed E-state index contributed by atoms with van der Waals surface area (Å²) in [5, 5.41) is 18.2. The zero-order valence-corrected chi connectivity index (χ0v) is 23.0. The highest BCUT2D eigenvalue weighted by atomic mass is 19.1. The number of para-hydroxylation sites is 1. The van der Waals surface area contributed by atoms with Crippen LogP contribution in [0, 0.1) is 17.6 Å². The van der Waals surface area contributed by atoms with Crippen molar-refractivity contribution in [1.82, 2.24) is 0 Å². The van der Waals surface area contributed by atoms with Crippen LogP contribution in [0.4, 0.5) is 8.78 Å². The fourth-order valence-corrected chi connectivity index (χ4v) is 4.70. The Hall–Kier alpha value is -4.78. The summed E-state index contributed by atoms with van der Waals surface area (Å²) in [6, 6.07) is 25.2. The van der Waals surface area contributed by atoms with E-state index in [4.69, 9.17) is 9.84 Å². The molecule has 0 bridgehead atoms. The first-order chi connectivity index (χ1) is 20.3. The second-order valence-electron chi connectivity index (χ2n) is 10.1.